The highest BCUT2D eigenvalue weighted by molar-refractivity contribution is 5.92. The number of anilines is 2. The van der Waals surface area contributed by atoms with Crippen molar-refractivity contribution in [1.82, 2.24) is 9.78 Å². The van der Waals surface area contributed by atoms with Crippen LogP contribution in [0.3, 0.4) is 0 Å². The third-order valence-corrected chi connectivity index (χ3v) is 2.82. The van der Waals surface area contributed by atoms with Crippen molar-refractivity contribution in [3.8, 4) is 5.69 Å². The molecule has 0 bridgehead atoms. The number of fused-ring (bicyclic) bond motifs is 1. The Balaban J connectivity index is 2.31. The number of nitrogens with zero attached hydrogens (tertiary/aromatic N) is 2. The van der Waals surface area contributed by atoms with Gasteiger partial charge in [-0.3, -0.25) is 0 Å². The average molecular weight is 260 g/mol. The molecule has 4 nitrogen and oxygen atoms in total. The standard InChI is InChI=1S/C13H10F2N4/c14-7-3-8(15)5-10(4-7)19-12-2-1-9(16)6-11(12)13(17)18-19/h1-6H,16H2,(H2,17,18). The lowest BCUT2D eigenvalue weighted by Gasteiger charge is -2.04. The number of rotatable bonds is 1. The van der Waals surface area contributed by atoms with Crippen LogP contribution in [0.15, 0.2) is 36.4 Å². The van der Waals surface area contributed by atoms with Gasteiger partial charge in [-0.05, 0) is 30.3 Å². The van der Waals surface area contributed by atoms with E-state index < -0.39 is 11.6 Å². The van der Waals surface area contributed by atoms with Crippen molar-refractivity contribution >= 4 is 22.4 Å². The molecule has 0 unspecified atom stereocenters. The fraction of sp³-hybridized carbons (Fsp3) is 0. The van der Waals surface area contributed by atoms with E-state index in [0.29, 0.717) is 16.6 Å². The second-order valence-corrected chi connectivity index (χ2v) is 4.20. The van der Waals surface area contributed by atoms with E-state index >= 15 is 0 Å². The molecule has 1 aromatic heterocycles. The van der Waals surface area contributed by atoms with Crippen LogP contribution in [-0.2, 0) is 0 Å². The second kappa shape index (κ2) is 3.94. The molecule has 0 spiro atoms. The molecule has 0 fully saturated rings. The van der Waals surface area contributed by atoms with E-state index in [2.05, 4.69) is 5.10 Å². The van der Waals surface area contributed by atoms with Crippen LogP contribution in [0.1, 0.15) is 0 Å². The zero-order chi connectivity index (χ0) is 13.6. The third kappa shape index (κ3) is 1.87. The molecule has 0 saturated heterocycles. The maximum absolute atomic E-state index is 13.3. The number of nitrogens with two attached hydrogens (primary N) is 2. The maximum atomic E-state index is 13.3. The summed E-state index contributed by atoms with van der Waals surface area (Å²) in [6.45, 7) is 0. The van der Waals surface area contributed by atoms with Gasteiger partial charge in [-0.2, -0.15) is 0 Å². The van der Waals surface area contributed by atoms with Crippen LogP contribution in [0.25, 0.3) is 16.6 Å². The van der Waals surface area contributed by atoms with Crippen LogP contribution in [0.4, 0.5) is 20.3 Å². The lowest BCUT2D eigenvalue weighted by Crippen LogP contribution is -1.99. The van der Waals surface area contributed by atoms with Crippen molar-refractivity contribution < 1.29 is 8.78 Å². The van der Waals surface area contributed by atoms with Crippen LogP contribution in [0, 0.1) is 11.6 Å². The Hall–Kier alpha value is -2.63. The Morgan fingerprint density at radius 1 is 0.947 bits per heavy atom. The molecule has 2 aromatic carbocycles. The molecule has 0 aliphatic heterocycles. The average Bonchev–Trinajstić information content (AvgIpc) is 2.65. The van der Waals surface area contributed by atoms with Gasteiger partial charge in [0.05, 0.1) is 11.2 Å². The van der Waals surface area contributed by atoms with Crippen molar-refractivity contribution in [2.75, 3.05) is 11.5 Å². The first kappa shape index (κ1) is 11.5. The smallest absolute Gasteiger partial charge is 0.153 e. The van der Waals surface area contributed by atoms with E-state index in [4.69, 9.17) is 11.5 Å². The van der Waals surface area contributed by atoms with E-state index in [-0.39, 0.29) is 11.5 Å². The molecule has 0 aliphatic rings. The van der Waals surface area contributed by atoms with Gasteiger partial charge < -0.3 is 11.5 Å². The van der Waals surface area contributed by atoms with Gasteiger partial charge in [0, 0.05) is 17.1 Å². The lowest BCUT2D eigenvalue weighted by atomic mass is 10.2. The third-order valence-electron chi connectivity index (χ3n) is 2.82. The fourth-order valence-electron chi connectivity index (χ4n) is 2.02. The van der Waals surface area contributed by atoms with E-state index in [0.717, 1.165) is 6.07 Å². The first-order valence-corrected chi connectivity index (χ1v) is 5.55. The summed E-state index contributed by atoms with van der Waals surface area (Å²) in [6.07, 6.45) is 0. The second-order valence-electron chi connectivity index (χ2n) is 4.20. The van der Waals surface area contributed by atoms with E-state index in [1.807, 2.05) is 0 Å². The molecule has 3 rings (SSSR count). The Kier molecular flexibility index (Phi) is 2.38. The summed E-state index contributed by atoms with van der Waals surface area (Å²) in [6, 6.07) is 8.23. The topological polar surface area (TPSA) is 69.9 Å². The van der Waals surface area contributed by atoms with Gasteiger partial charge in [-0.25, -0.2) is 13.5 Å². The SMILES string of the molecule is Nc1ccc2c(c1)c(N)nn2-c1cc(F)cc(F)c1. The first-order valence-electron chi connectivity index (χ1n) is 5.55. The molecule has 0 saturated carbocycles. The molecular weight excluding hydrogens is 250 g/mol. The molecule has 96 valence electrons. The highest BCUT2D eigenvalue weighted by Crippen LogP contribution is 2.26. The summed E-state index contributed by atoms with van der Waals surface area (Å²) in [5.41, 5.74) is 12.9. The van der Waals surface area contributed by atoms with Gasteiger partial charge in [0.25, 0.3) is 0 Å². The summed E-state index contributed by atoms with van der Waals surface area (Å²) in [5, 5.41) is 4.73. The van der Waals surface area contributed by atoms with Crippen molar-refractivity contribution in [2.24, 2.45) is 0 Å². The molecule has 0 amide bonds. The van der Waals surface area contributed by atoms with Crippen LogP contribution < -0.4 is 11.5 Å². The fourth-order valence-corrected chi connectivity index (χ4v) is 2.02. The predicted octanol–water partition coefficient (Wildman–Crippen LogP) is 2.47. The monoisotopic (exact) mass is 260 g/mol. The molecular formula is C13H10F2N4. The largest absolute Gasteiger partial charge is 0.399 e. The number of nitrogen functional groups attached to an aromatic ring is 2. The van der Waals surface area contributed by atoms with Crippen LogP contribution >= 0.6 is 0 Å². The van der Waals surface area contributed by atoms with Gasteiger partial charge in [0.2, 0.25) is 0 Å². The van der Waals surface area contributed by atoms with Crippen molar-refractivity contribution in [3.63, 3.8) is 0 Å². The maximum Gasteiger partial charge on any atom is 0.153 e. The molecule has 6 heteroatoms. The zero-order valence-electron chi connectivity index (χ0n) is 9.77. The van der Waals surface area contributed by atoms with Crippen LogP contribution in [0.5, 0.6) is 0 Å². The Labute approximate surface area is 107 Å². The van der Waals surface area contributed by atoms with E-state index in [1.165, 1.54) is 16.8 Å². The summed E-state index contributed by atoms with van der Waals surface area (Å²) in [4.78, 5) is 0. The van der Waals surface area contributed by atoms with Crippen LogP contribution in [-0.4, -0.2) is 9.78 Å². The lowest BCUT2D eigenvalue weighted by molar-refractivity contribution is 0.580. The zero-order valence-corrected chi connectivity index (χ0v) is 9.77. The highest BCUT2D eigenvalue weighted by atomic mass is 19.1. The molecule has 19 heavy (non-hydrogen) atoms. The summed E-state index contributed by atoms with van der Waals surface area (Å²) in [7, 11) is 0. The van der Waals surface area contributed by atoms with Gasteiger partial charge in [-0.15, -0.1) is 5.10 Å². The van der Waals surface area contributed by atoms with Crippen molar-refractivity contribution in [1.29, 1.82) is 0 Å². The number of halogens is 2. The van der Waals surface area contributed by atoms with Gasteiger partial charge in [0.15, 0.2) is 5.82 Å². The Morgan fingerprint density at radius 2 is 1.63 bits per heavy atom. The van der Waals surface area contributed by atoms with Gasteiger partial charge >= 0.3 is 0 Å². The molecule has 0 atom stereocenters. The molecule has 3 aromatic rings. The molecule has 0 radical (unpaired) electrons. The number of hydrogen-bond donors (Lipinski definition) is 2. The molecule has 1 heterocycles. The summed E-state index contributed by atoms with van der Waals surface area (Å²) >= 11 is 0. The first-order chi connectivity index (χ1) is 9.04. The van der Waals surface area contributed by atoms with Crippen molar-refractivity contribution in [3.05, 3.63) is 48.0 Å². The van der Waals surface area contributed by atoms with Crippen LogP contribution in [0.2, 0.25) is 0 Å². The van der Waals surface area contributed by atoms with E-state index in [1.54, 1.807) is 18.2 Å². The normalized spacial score (nSPS) is 11.1. The predicted molar refractivity (Wildman–Crippen MR) is 69.8 cm³/mol. The van der Waals surface area contributed by atoms with Gasteiger partial charge in [0.1, 0.15) is 11.6 Å². The number of aromatic nitrogens is 2. The summed E-state index contributed by atoms with van der Waals surface area (Å²) in [5.74, 6) is -1.09. The van der Waals surface area contributed by atoms with Crippen molar-refractivity contribution in [2.45, 2.75) is 0 Å². The number of benzene rings is 2. The van der Waals surface area contributed by atoms with E-state index in [9.17, 15) is 8.78 Å². The van der Waals surface area contributed by atoms with Gasteiger partial charge in [-0.1, -0.05) is 0 Å². The Bertz CT molecular complexity index is 759. The minimum Gasteiger partial charge on any atom is -0.399 e. The summed E-state index contributed by atoms with van der Waals surface area (Å²) < 4.78 is 27.9. The minimum atomic E-state index is -0.673. The Morgan fingerprint density at radius 3 is 2.32 bits per heavy atom. The highest BCUT2D eigenvalue weighted by Gasteiger charge is 2.11. The quantitative estimate of drug-likeness (QED) is 0.660. The number of hydrogen-bond acceptors (Lipinski definition) is 3. The molecule has 4 N–H and O–H groups in total. The molecule has 0 aliphatic carbocycles. The minimum absolute atomic E-state index is 0.256.